The molecule has 42 heavy (non-hydrogen) atoms. The number of hydrogen-bond donors (Lipinski definition) is 3. The molecule has 1 unspecified atom stereocenters. The lowest BCUT2D eigenvalue weighted by Gasteiger charge is -2.35. The molecule has 8 nitrogen and oxygen atoms in total. The van der Waals surface area contributed by atoms with Crippen LogP contribution >= 0.6 is 0 Å². The van der Waals surface area contributed by atoms with Crippen LogP contribution in [0, 0.1) is 5.92 Å². The number of amides is 4. The normalized spacial score (nSPS) is 15.9. The molecule has 1 aliphatic rings. The maximum Gasteiger partial charge on any atom is 0.416 e. The van der Waals surface area contributed by atoms with Crippen molar-refractivity contribution in [3.05, 3.63) is 70.4 Å². The second-order valence-corrected chi connectivity index (χ2v) is 10.0. The summed E-state index contributed by atoms with van der Waals surface area (Å²) >= 11 is 0. The van der Waals surface area contributed by atoms with E-state index in [2.05, 4.69) is 10.6 Å². The molecule has 0 aromatic heterocycles. The smallest absolute Gasteiger partial charge is 0.416 e. The zero-order valence-electron chi connectivity index (χ0n) is 23.2. The first-order valence-electron chi connectivity index (χ1n) is 12.9. The maximum absolute atomic E-state index is 13.2. The van der Waals surface area contributed by atoms with Crippen LogP contribution < -0.4 is 16.0 Å². The van der Waals surface area contributed by atoms with Crippen LogP contribution in [0.3, 0.4) is 0 Å². The van der Waals surface area contributed by atoms with Gasteiger partial charge in [-0.25, -0.2) is 14.4 Å². The fourth-order valence-electron chi connectivity index (χ4n) is 4.23. The quantitative estimate of drug-likeness (QED) is 0.218. The fraction of sp³-hybridized carbons (Fsp3) is 0.393. The van der Waals surface area contributed by atoms with E-state index in [0.717, 1.165) is 0 Å². The minimum atomic E-state index is -5.08. The molecule has 0 fully saturated rings. The molecule has 0 saturated carbocycles. The SMILES string of the molecule is CCCN1C(=O)NC(c2cccc(NC(=O)Nc3cc(C(F)(F)F)cc(C(F)(F)F)c3)c2)C(C(=O)OCC(C)C)=C1C. The highest BCUT2D eigenvalue weighted by atomic mass is 19.4. The Morgan fingerprint density at radius 3 is 2.12 bits per heavy atom. The van der Waals surface area contributed by atoms with Gasteiger partial charge >= 0.3 is 30.4 Å². The van der Waals surface area contributed by atoms with Gasteiger partial charge in [0.25, 0.3) is 0 Å². The molecular weight excluding hydrogens is 570 g/mol. The molecule has 1 aliphatic heterocycles. The summed E-state index contributed by atoms with van der Waals surface area (Å²) < 4.78 is 84.5. The van der Waals surface area contributed by atoms with E-state index in [4.69, 9.17) is 4.74 Å². The van der Waals surface area contributed by atoms with Gasteiger partial charge in [-0.2, -0.15) is 26.3 Å². The monoisotopic (exact) mass is 600 g/mol. The lowest BCUT2D eigenvalue weighted by atomic mass is 9.94. The van der Waals surface area contributed by atoms with Gasteiger partial charge in [0, 0.05) is 23.6 Å². The van der Waals surface area contributed by atoms with E-state index in [1.54, 1.807) is 13.0 Å². The molecule has 1 heterocycles. The number of rotatable bonds is 8. The van der Waals surface area contributed by atoms with Crippen molar-refractivity contribution in [3.8, 4) is 0 Å². The number of hydrogen-bond acceptors (Lipinski definition) is 4. The Labute approximate surface area is 238 Å². The van der Waals surface area contributed by atoms with Crippen LogP contribution in [0.2, 0.25) is 0 Å². The van der Waals surface area contributed by atoms with E-state index in [9.17, 15) is 40.7 Å². The third-order valence-corrected chi connectivity index (χ3v) is 6.13. The van der Waals surface area contributed by atoms with Crippen molar-refractivity contribution < 1.29 is 45.5 Å². The predicted octanol–water partition coefficient (Wildman–Crippen LogP) is 7.32. The number of carbonyl (C=O) groups excluding carboxylic acids is 3. The van der Waals surface area contributed by atoms with Crippen molar-refractivity contribution in [2.45, 2.75) is 52.5 Å². The third kappa shape index (κ3) is 7.95. The summed E-state index contributed by atoms with van der Waals surface area (Å²) in [4.78, 5) is 40.0. The highest BCUT2D eigenvalue weighted by Gasteiger charge is 2.38. The zero-order chi connectivity index (χ0) is 31.4. The van der Waals surface area contributed by atoms with E-state index < -0.39 is 53.2 Å². The molecule has 0 radical (unpaired) electrons. The molecule has 3 N–H and O–H groups in total. The van der Waals surface area contributed by atoms with Crippen LogP contribution in [0.5, 0.6) is 0 Å². The van der Waals surface area contributed by atoms with Gasteiger partial charge in [-0.3, -0.25) is 4.90 Å². The van der Waals surface area contributed by atoms with Crippen LogP contribution in [0.15, 0.2) is 53.7 Å². The Balaban J connectivity index is 1.90. The molecule has 2 aromatic carbocycles. The number of urea groups is 2. The second kappa shape index (κ2) is 12.7. The van der Waals surface area contributed by atoms with E-state index in [1.165, 1.54) is 23.1 Å². The molecule has 2 aromatic rings. The average molecular weight is 601 g/mol. The summed E-state index contributed by atoms with van der Waals surface area (Å²) in [5.74, 6) is -0.596. The van der Waals surface area contributed by atoms with Gasteiger partial charge in [-0.05, 0) is 55.2 Å². The fourth-order valence-corrected chi connectivity index (χ4v) is 4.23. The van der Waals surface area contributed by atoms with E-state index in [0.29, 0.717) is 36.4 Å². The lowest BCUT2D eigenvalue weighted by Crippen LogP contribution is -2.48. The van der Waals surface area contributed by atoms with Crippen molar-refractivity contribution in [2.75, 3.05) is 23.8 Å². The summed E-state index contributed by atoms with van der Waals surface area (Å²) in [6, 6.07) is 4.07. The van der Waals surface area contributed by atoms with Gasteiger partial charge in [-0.15, -0.1) is 0 Å². The lowest BCUT2D eigenvalue weighted by molar-refractivity contribution is -0.143. The highest BCUT2D eigenvalue weighted by Crippen LogP contribution is 2.38. The number of allylic oxidation sites excluding steroid dienone is 1. The van der Waals surface area contributed by atoms with Crippen LogP contribution in [0.25, 0.3) is 0 Å². The third-order valence-electron chi connectivity index (χ3n) is 6.13. The van der Waals surface area contributed by atoms with Gasteiger partial charge in [-0.1, -0.05) is 32.9 Å². The second-order valence-electron chi connectivity index (χ2n) is 10.0. The number of halogens is 6. The molecule has 0 spiro atoms. The first-order chi connectivity index (χ1) is 19.5. The van der Waals surface area contributed by atoms with Crippen LogP contribution in [-0.2, 0) is 21.9 Å². The minimum absolute atomic E-state index is 0.0494. The number of ether oxygens (including phenoxy) is 1. The Morgan fingerprint density at radius 1 is 0.976 bits per heavy atom. The standard InChI is InChI=1S/C28H30F6N4O4/c1-5-9-38-16(4)22(24(39)42-14-15(2)3)23(37-26(38)41)17-7-6-8-20(10-17)35-25(40)36-21-12-18(27(29,30)31)11-19(13-21)28(32,33)34/h6-8,10-13,15,23H,5,9,14H2,1-4H3,(H,37,41)(H2,35,36,40). The number of nitrogens with zero attached hydrogens (tertiary/aromatic N) is 1. The number of nitrogens with one attached hydrogen (secondary N) is 3. The van der Waals surface area contributed by atoms with Crippen molar-refractivity contribution in [1.82, 2.24) is 10.2 Å². The van der Waals surface area contributed by atoms with Gasteiger partial charge in [0.2, 0.25) is 0 Å². The van der Waals surface area contributed by atoms with Crippen molar-refractivity contribution in [2.24, 2.45) is 5.92 Å². The first-order valence-corrected chi connectivity index (χ1v) is 12.9. The summed E-state index contributed by atoms with van der Waals surface area (Å²) in [5, 5.41) is 7.11. The first kappa shape index (κ1) is 32.3. The van der Waals surface area contributed by atoms with Gasteiger partial charge in [0.05, 0.1) is 29.3 Å². The molecule has 0 bridgehead atoms. The van der Waals surface area contributed by atoms with E-state index >= 15 is 0 Å². The largest absolute Gasteiger partial charge is 0.462 e. The van der Waals surface area contributed by atoms with E-state index in [-0.39, 0.29) is 29.9 Å². The molecule has 0 aliphatic carbocycles. The van der Waals surface area contributed by atoms with Gasteiger partial charge in [0.1, 0.15) is 0 Å². The number of alkyl halides is 6. The summed E-state index contributed by atoms with van der Waals surface area (Å²) in [5.41, 5.74) is -2.88. The Hall–Kier alpha value is -4.23. The van der Waals surface area contributed by atoms with Gasteiger partial charge < -0.3 is 20.7 Å². The molecule has 4 amide bonds. The van der Waals surface area contributed by atoms with Crippen LogP contribution in [0.1, 0.15) is 56.8 Å². The summed E-state index contributed by atoms with van der Waals surface area (Å²) in [7, 11) is 0. The number of carbonyl (C=O) groups is 3. The Morgan fingerprint density at radius 2 is 1.57 bits per heavy atom. The molecular formula is C28H30F6N4O4. The number of anilines is 2. The van der Waals surface area contributed by atoms with Gasteiger partial charge in [0.15, 0.2) is 0 Å². The van der Waals surface area contributed by atoms with Crippen molar-refractivity contribution >= 4 is 29.4 Å². The molecule has 14 heteroatoms. The summed E-state index contributed by atoms with van der Waals surface area (Å²) in [6.07, 6.45) is -9.55. The Bertz CT molecular complexity index is 1340. The van der Waals surface area contributed by atoms with Crippen molar-refractivity contribution in [1.29, 1.82) is 0 Å². The number of esters is 1. The number of benzene rings is 2. The van der Waals surface area contributed by atoms with Crippen molar-refractivity contribution in [3.63, 3.8) is 0 Å². The zero-order valence-corrected chi connectivity index (χ0v) is 23.2. The predicted molar refractivity (Wildman–Crippen MR) is 142 cm³/mol. The van der Waals surface area contributed by atoms with Crippen LogP contribution in [0.4, 0.5) is 47.3 Å². The molecule has 228 valence electrons. The average Bonchev–Trinajstić information content (AvgIpc) is 2.88. The molecule has 0 saturated heterocycles. The van der Waals surface area contributed by atoms with E-state index in [1.807, 2.05) is 26.1 Å². The highest BCUT2D eigenvalue weighted by molar-refractivity contribution is 6.00. The molecule has 3 rings (SSSR count). The summed E-state index contributed by atoms with van der Waals surface area (Å²) in [6.45, 7) is 7.69. The van der Waals surface area contributed by atoms with Crippen LogP contribution in [-0.4, -0.2) is 36.1 Å². The maximum atomic E-state index is 13.2. The Kier molecular flexibility index (Phi) is 9.79. The topological polar surface area (TPSA) is 99.8 Å². The molecule has 1 atom stereocenters. The minimum Gasteiger partial charge on any atom is -0.462 e.